The maximum absolute atomic E-state index is 10.6. The summed E-state index contributed by atoms with van der Waals surface area (Å²) in [7, 11) is -2.28. The molecule has 0 amide bonds. The van der Waals surface area contributed by atoms with Gasteiger partial charge in [-0.25, -0.2) is 0 Å². The third-order valence-corrected chi connectivity index (χ3v) is 3.43. The van der Waals surface area contributed by atoms with Gasteiger partial charge in [0, 0.05) is 7.11 Å². The summed E-state index contributed by atoms with van der Waals surface area (Å²) in [5.74, 6) is -0.284. The Balaban J connectivity index is 4.02. The Morgan fingerprint density at radius 2 is 1.59 bits per heavy atom. The third-order valence-electron chi connectivity index (χ3n) is 2.71. The van der Waals surface area contributed by atoms with Crippen molar-refractivity contribution in [1.29, 1.82) is 0 Å². The zero-order chi connectivity index (χ0) is 13.7. The minimum absolute atomic E-state index is 0.251. The Kier molecular flexibility index (Phi) is 6.07. The molecular formula is C11H24O5S. The molecule has 0 bridgehead atoms. The Morgan fingerprint density at radius 1 is 1.06 bits per heavy atom. The van der Waals surface area contributed by atoms with Gasteiger partial charge in [-0.2, -0.15) is 8.42 Å². The summed E-state index contributed by atoms with van der Waals surface area (Å²) in [6, 6.07) is 0. The molecule has 0 fully saturated rings. The van der Waals surface area contributed by atoms with Gasteiger partial charge in [-0.1, -0.05) is 0 Å². The van der Waals surface area contributed by atoms with E-state index in [9.17, 15) is 8.42 Å². The van der Waals surface area contributed by atoms with Crippen LogP contribution in [0.3, 0.4) is 0 Å². The van der Waals surface area contributed by atoms with E-state index in [-0.39, 0.29) is 17.8 Å². The van der Waals surface area contributed by atoms with Gasteiger partial charge in [0.1, 0.15) is 0 Å². The molecule has 0 aliphatic rings. The number of hydrogen-bond acceptors (Lipinski definition) is 4. The van der Waals surface area contributed by atoms with E-state index in [1.165, 1.54) is 0 Å². The van der Waals surface area contributed by atoms with Crippen molar-refractivity contribution < 1.29 is 22.4 Å². The minimum Gasteiger partial charge on any atom is -0.379 e. The fraction of sp³-hybridized carbons (Fsp3) is 1.00. The lowest BCUT2D eigenvalue weighted by Gasteiger charge is -2.28. The topological polar surface area (TPSA) is 72.8 Å². The fourth-order valence-electron chi connectivity index (χ4n) is 1.12. The smallest absolute Gasteiger partial charge is 0.264 e. The fourth-order valence-corrected chi connectivity index (χ4v) is 1.87. The second-order valence-corrected chi connectivity index (χ2v) is 6.93. The maximum Gasteiger partial charge on any atom is 0.264 e. The van der Waals surface area contributed by atoms with Gasteiger partial charge in [0.15, 0.2) is 0 Å². The first-order valence-corrected chi connectivity index (χ1v) is 7.23. The average molecular weight is 268 g/mol. The van der Waals surface area contributed by atoms with Crippen molar-refractivity contribution in [3.63, 3.8) is 0 Å². The molecule has 0 atom stereocenters. The standard InChI is InChI=1S/C11H24O5S/c1-10(2,15-5)6-8-16-11(3,4)7-9-17(12,13)14/h6-9H2,1-5H3,(H,12,13,14). The van der Waals surface area contributed by atoms with Crippen LogP contribution in [0.15, 0.2) is 0 Å². The van der Waals surface area contributed by atoms with Gasteiger partial charge < -0.3 is 9.47 Å². The molecule has 104 valence electrons. The highest BCUT2D eigenvalue weighted by atomic mass is 32.2. The van der Waals surface area contributed by atoms with Crippen LogP contribution in [0.4, 0.5) is 0 Å². The molecule has 6 heteroatoms. The van der Waals surface area contributed by atoms with Crippen LogP contribution in [0, 0.1) is 0 Å². The van der Waals surface area contributed by atoms with Crippen LogP contribution in [0.2, 0.25) is 0 Å². The van der Waals surface area contributed by atoms with Crippen LogP contribution in [-0.2, 0) is 19.6 Å². The predicted molar refractivity (Wildman–Crippen MR) is 66.8 cm³/mol. The maximum atomic E-state index is 10.6. The second kappa shape index (κ2) is 6.13. The van der Waals surface area contributed by atoms with Crippen molar-refractivity contribution in [2.75, 3.05) is 19.5 Å². The molecule has 0 rings (SSSR count). The summed E-state index contributed by atoms with van der Waals surface area (Å²) in [5.41, 5.74) is -0.821. The molecule has 0 saturated carbocycles. The number of hydrogen-bond donors (Lipinski definition) is 1. The van der Waals surface area contributed by atoms with E-state index in [1.54, 1.807) is 21.0 Å². The highest BCUT2D eigenvalue weighted by molar-refractivity contribution is 7.85. The Hall–Kier alpha value is -0.170. The monoisotopic (exact) mass is 268 g/mol. The van der Waals surface area contributed by atoms with Crippen molar-refractivity contribution in [3.05, 3.63) is 0 Å². The number of ether oxygens (including phenoxy) is 2. The molecule has 0 unspecified atom stereocenters. The van der Waals surface area contributed by atoms with E-state index in [2.05, 4.69) is 0 Å². The Labute approximate surface area is 104 Å². The number of methoxy groups -OCH3 is 1. The molecule has 0 aliphatic heterocycles. The molecular weight excluding hydrogens is 244 g/mol. The van der Waals surface area contributed by atoms with Crippen LogP contribution >= 0.6 is 0 Å². The van der Waals surface area contributed by atoms with Gasteiger partial charge in [-0.3, -0.25) is 4.55 Å². The molecule has 0 spiro atoms. The van der Waals surface area contributed by atoms with Gasteiger partial charge in [0.2, 0.25) is 0 Å². The van der Waals surface area contributed by atoms with Crippen molar-refractivity contribution in [3.8, 4) is 0 Å². The highest BCUT2D eigenvalue weighted by Gasteiger charge is 2.23. The summed E-state index contributed by atoms with van der Waals surface area (Å²) in [6.45, 7) is 8.01. The largest absolute Gasteiger partial charge is 0.379 e. The molecule has 0 radical (unpaired) electrons. The van der Waals surface area contributed by atoms with E-state index in [4.69, 9.17) is 14.0 Å². The van der Waals surface area contributed by atoms with Crippen LogP contribution in [-0.4, -0.2) is 43.6 Å². The average Bonchev–Trinajstić information content (AvgIpc) is 2.13. The van der Waals surface area contributed by atoms with E-state index >= 15 is 0 Å². The predicted octanol–water partition coefficient (Wildman–Crippen LogP) is 1.87. The molecule has 0 aromatic carbocycles. The van der Waals surface area contributed by atoms with Crippen molar-refractivity contribution in [2.45, 2.75) is 51.7 Å². The molecule has 0 aromatic heterocycles. The SMILES string of the molecule is COC(C)(C)CCOC(C)(C)CCS(=O)(=O)O. The summed E-state index contributed by atoms with van der Waals surface area (Å²) >= 11 is 0. The summed E-state index contributed by atoms with van der Waals surface area (Å²) in [5, 5.41) is 0. The first-order valence-electron chi connectivity index (χ1n) is 5.62. The highest BCUT2D eigenvalue weighted by Crippen LogP contribution is 2.19. The Bertz CT molecular complexity index is 319. The Morgan fingerprint density at radius 3 is 2.00 bits per heavy atom. The molecule has 0 heterocycles. The van der Waals surface area contributed by atoms with Crippen molar-refractivity contribution >= 4 is 10.1 Å². The van der Waals surface area contributed by atoms with Crippen LogP contribution in [0.5, 0.6) is 0 Å². The summed E-state index contributed by atoms with van der Waals surface area (Å²) < 4.78 is 40.8. The molecule has 0 aliphatic carbocycles. The first kappa shape index (κ1) is 16.8. The van der Waals surface area contributed by atoms with Gasteiger partial charge in [-0.05, 0) is 40.5 Å². The van der Waals surface area contributed by atoms with Crippen molar-refractivity contribution in [1.82, 2.24) is 0 Å². The van der Waals surface area contributed by atoms with Crippen LogP contribution in [0.1, 0.15) is 40.5 Å². The first-order chi connectivity index (χ1) is 7.47. The summed E-state index contributed by atoms with van der Waals surface area (Å²) in [6.07, 6.45) is 0.984. The zero-order valence-corrected chi connectivity index (χ0v) is 12.1. The molecule has 17 heavy (non-hydrogen) atoms. The van der Waals surface area contributed by atoms with Gasteiger partial charge in [0.05, 0.1) is 23.6 Å². The van der Waals surface area contributed by atoms with E-state index in [0.29, 0.717) is 6.61 Å². The third kappa shape index (κ3) is 9.52. The molecule has 5 nitrogen and oxygen atoms in total. The van der Waals surface area contributed by atoms with Gasteiger partial charge in [-0.15, -0.1) is 0 Å². The number of rotatable bonds is 8. The molecule has 0 saturated heterocycles. The van der Waals surface area contributed by atoms with Gasteiger partial charge in [0.25, 0.3) is 10.1 Å². The molecule has 0 aromatic rings. The van der Waals surface area contributed by atoms with Crippen LogP contribution in [0.25, 0.3) is 0 Å². The molecule has 1 N–H and O–H groups in total. The lowest BCUT2D eigenvalue weighted by atomic mass is 10.0. The minimum atomic E-state index is -3.92. The van der Waals surface area contributed by atoms with E-state index in [0.717, 1.165) is 6.42 Å². The lowest BCUT2D eigenvalue weighted by Crippen LogP contribution is -2.31. The van der Waals surface area contributed by atoms with E-state index in [1.807, 2.05) is 13.8 Å². The van der Waals surface area contributed by atoms with Crippen molar-refractivity contribution in [2.24, 2.45) is 0 Å². The second-order valence-electron chi connectivity index (χ2n) is 5.36. The lowest BCUT2D eigenvalue weighted by molar-refractivity contribution is -0.0589. The summed E-state index contributed by atoms with van der Waals surface area (Å²) in [4.78, 5) is 0. The van der Waals surface area contributed by atoms with Gasteiger partial charge >= 0.3 is 0 Å². The zero-order valence-electron chi connectivity index (χ0n) is 11.3. The van der Waals surface area contributed by atoms with Crippen LogP contribution < -0.4 is 0 Å². The quantitative estimate of drug-likeness (QED) is 0.680. The van der Waals surface area contributed by atoms with E-state index < -0.39 is 15.7 Å². The normalized spacial score (nSPS) is 14.0.